The molecule has 1 fully saturated rings. The summed E-state index contributed by atoms with van der Waals surface area (Å²) in [6.45, 7) is 4.29. The highest BCUT2D eigenvalue weighted by Gasteiger charge is 2.36. The maximum atomic E-state index is 13.1. The smallest absolute Gasteiger partial charge is 0.308 e. The third kappa shape index (κ3) is 4.90. The summed E-state index contributed by atoms with van der Waals surface area (Å²) in [5.74, 6) is -0.375. The molecule has 1 aliphatic heterocycles. The molecule has 8 nitrogen and oxygen atoms in total. The zero-order chi connectivity index (χ0) is 20.0. The van der Waals surface area contributed by atoms with E-state index in [1.54, 1.807) is 25.1 Å². The van der Waals surface area contributed by atoms with Crippen LogP contribution in [0.15, 0.2) is 18.2 Å². The number of esters is 1. The van der Waals surface area contributed by atoms with E-state index in [0.29, 0.717) is 36.6 Å². The zero-order valence-corrected chi connectivity index (χ0v) is 16.1. The molecule has 0 bridgehead atoms. The van der Waals surface area contributed by atoms with Gasteiger partial charge < -0.3 is 24.4 Å². The van der Waals surface area contributed by atoms with E-state index in [0.717, 1.165) is 0 Å². The number of carbonyl (C=O) groups excluding carboxylic acids is 3. The van der Waals surface area contributed by atoms with Gasteiger partial charge in [-0.3, -0.25) is 14.4 Å². The van der Waals surface area contributed by atoms with Crippen molar-refractivity contribution in [2.75, 3.05) is 27.3 Å². The lowest BCUT2D eigenvalue weighted by molar-refractivity contribution is -0.151. The molecule has 27 heavy (non-hydrogen) atoms. The van der Waals surface area contributed by atoms with Gasteiger partial charge in [-0.15, -0.1) is 0 Å². The zero-order valence-electron chi connectivity index (χ0n) is 16.1. The first-order valence-electron chi connectivity index (χ1n) is 8.91. The highest BCUT2D eigenvalue weighted by atomic mass is 16.5. The second-order valence-corrected chi connectivity index (χ2v) is 6.28. The molecule has 0 saturated carbocycles. The lowest BCUT2D eigenvalue weighted by Gasteiger charge is -2.35. The Balaban J connectivity index is 2.24. The number of ether oxygens (including phenoxy) is 3. The molecule has 148 valence electrons. The lowest BCUT2D eigenvalue weighted by Crippen LogP contribution is -2.58. The first kappa shape index (κ1) is 20.5. The summed E-state index contributed by atoms with van der Waals surface area (Å²) in [5, 5.41) is 2.70. The van der Waals surface area contributed by atoms with Gasteiger partial charge in [-0.05, 0) is 25.5 Å². The number of benzene rings is 1. The number of amides is 2. The van der Waals surface area contributed by atoms with E-state index < -0.39 is 12.0 Å². The van der Waals surface area contributed by atoms with Crippen molar-refractivity contribution in [3.05, 3.63) is 23.8 Å². The Morgan fingerprint density at radius 1 is 1.30 bits per heavy atom. The first-order valence-corrected chi connectivity index (χ1v) is 8.91. The van der Waals surface area contributed by atoms with Gasteiger partial charge in [0.05, 0.1) is 32.3 Å². The van der Waals surface area contributed by atoms with E-state index in [9.17, 15) is 14.4 Å². The summed E-state index contributed by atoms with van der Waals surface area (Å²) in [6.07, 6.45) is 0.240. The van der Waals surface area contributed by atoms with E-state index in [-0.39, 0.29) is 24.3 Å². The van der Waals surface area contributed by atoms with Crippen LogP contribution in [0, 0.1) is 0 Å². The molecule has 0 radical (unpaired) electrons. The molecule has 0 spiro atoms. The van der Waals surface area contributed by atoms with Crippen molar-refractivity contribution < 1.29 is 28.6 Å². The first-order chi connectivity index (χ1) is 12.9. The summed E-state index contributed by atoms with van der Waals surface area (Å²) >= 11 is 0. The van der Waals surface area contributed by atoms with E-state index in [1.165, 1.54) is 19.1 Å². The third-order valence-corrected chi connectivity index (χ3v) is 4.50. The summed E-state index contributed by atoms with van der Waals surface area (Å²) in [7, 11) is 2.97. The quantitative estimate of drug-likeness (QED) is 0.721. The maximum Gasteiger partial charge on any atom is 0.308 e. The third-order valence-electron chi connectivity index (χ3n) is 4.50. The van der Waals surface area contributed by atoms with Crippen LogP contribution in [0.1, 0.15) is 37.0 Å². The molecular weight excluding hydrogens is 352 g/mol. The van der Waals surface area contributed by atoms with Crippen LogP contribution in [0.4, 0.5) is 0 Å². The fourth-order valence-electron chi connectivity index (χ4n) is 2.80. The number of carbonyl (C=O) groups is 3. The molecule has 1 aromatic carbocycles. The topological polar surface area (TPSA) is 94.2 Å². The standard InChI is InChI=1S/C19H26N2O6/c1-5-12(2)27-17(22)11-15-18(23)20-8-9-21(15)19(24)14-7-6-13(25-3)10-16(14)26-4/h6-7,10,12,15H,5,8-9,11H2,1-4H3,(H,20,23). The molecule has 2 amide bonds. The second kappa shape index (κ2) is 9.25. The normalized spacial score (nSPS) is 17.7. The molecule has 1 aromatic rings. The van der Waals surface area contributed by atoms with Crippen LogP contribution >= 0.6 is 0 Å². The Kier molecular flexibility index (Phi) is 7.04. The lowest BCUT2D eigenvalue weighted by atomic mass is 10.1. The minimum absolute atomic E-state index is 0.194. The predicted molar refractivity (Wildman–Crippen MR) is 97.8 cm³/mol. The van der Waals surface area contributed by atoms with Crippen LogP contribution in [-0.2, 0) is 14.3 Å². The number of methoxy groups -OCH3 is 2. The van der Waals surface area contributed by atoms with Crippen molar-refractivity contribution in [2.24, 2.45) is 0 Å². The minimum Gasteiger partial charge on any atom is -0.497 e. The van der Waals surface area contributed by atoms with Gasteiger partial charge in [-0.25, -0.2) is 0 Å². The van der Waals surface area contributed by atoms with Gasteiger partial charge in [0.15, 0.2) is 0 Å². The largest absolute Gasteiger partial charge is 0.497 e. The van der Waals surface area contributed by atoms with E-state index >= 15 is 0 Å². The number of piperazine rings is 1. The molecule has 1 saturated heterocycles. The number of rotatable bonds is 7. The van der Waals surface area contributed by atoms with Crippen LogP contribution in [-0.4, -0.2) is 62.1 Å². The summed E-state index contributed by atoms with van der Waals surface area (Å²) in [5.41, 5.74) is 0.299. The van der Waals surface area contributed by atoms with Gasteiger partial charge in [0.2, 0.25) is 5.91 Å². The van der Waals surface area contributed by atoms with Crippen molar-refractivity contribution in [2.45, 2.75) is 38.8 Å². The van der Waals surface area contributed by atoms with E-state index in [1.807, 2.05) is 6.92 Å². The predicted octanol–water partition coefficient (Wildman–Crippen LogP) is 1.38. The van der Waals surface area contributed by atoms with E-state index in [2.05, 4.69) is 5.32 Å². The van der Waals surface area contributed by atoms with Crippen molar-refractivity contribution in [3.8, 4) is 11.5 Å². The fourth-order valence-corrected chi connectivity index (χ4v) is 2.80. The molecule has 1 aliphatic rings. The van der Waals surface area contributed by atoms with Gasteiger partial charge in [0, 0.05) is 19.2 Å². The van der Waals surface area contributed by atoms with Crippen LogP contribution < -0.4 is 14.8 Å². The Morgan fingerprint density at radius 3 is 2.67 bits per heavy atom. The number of nitrogens with one attached hydrogen (secondary N) is 1. The van der Waals surface area contributed by atoms with Gasteiger partial charge in [-0.1, -0.05) is 6.92 Å². The van der Waals surface area contributed by atoms with E-state index in [4.69, 9.17) is 14.2 Å². The molecule has 2 rings (SSSR count). The fraction of sp³-hybridized carbons (Fsp3) is 0.526. The number of nitrogens with zero attached hydrogens (tertiary/aromatic N) is 1. The molecule has 1 heterocycles. The van der Waals surface area contributed by atoms with Crippen LogP contribution in [0.3, 0.4) is 0 Å². The number of hydrogen-bond donors (Lipinski definition) is 1. The Bertz CT molecular complexity index is 705. The van der Waals surface area contributed by atoms with Crippen LogP contribution in [0.5, 0.6) is 11.5 Å². The van der Waals surface area contributed by atoms with Gasteiger partial charge in [0.1, 0.15) is 17.5 Å². The molecule has 0 aliphatic carbocycles. The summed E-state index contributed by atoms with van der Waals surface area (Å²) in [4.78, 5) is 38.9. The molecule has 2 unspecified atom stereocenters. The molecule has 8 heteroatoms. The molecule has 1 N–H and O–H groups in total. The Hall–Kier alpha value is -2.77. The highest BCUT2D eigenvalue weighted by molar-refractivity contribution is 6.01. The minimum atomic E-state index is -0.922. The Labute approximate surface area is 158 Å². The average molecular weight is 378 g/mol. The molecule has 2 atom stereocenters. The second-order valence-electron chi connectivity index (χ2n) is 6.28. The van der Waals surface area contributed by atoms with Crippen LogP contribution in [0.2, 0.25) is 0 Å². The van der Waals surface area contributed by atoms with Gasteiger partial charge in [-0.2, -0.15) is 0 Å². The maximum absolute atomic E-state index is 13.1. The monoisotopic (exact) mass is 378 g/mol. The average Bonchev–Trinajstić information content (AvgIpc) is 2.68. The van der Waals surface area contributed by atoms with Crippen molar-refractivity contribution >= 4 is 17.8 Å². The Morgan fingerprint density at radius 2 is 2.04 bits per heavy atom. The number of hydrogen-bond acceptors (Lipinski definition) is 6. The van der Waals surface area contributed by atoms with Gasteiger partial charge >= 0.3 is 5.97 Å². The molecule has 0 aromatic heterocycles. The molecular formula is C19H26N2O6. The van der Waals surface area contributed by atoms with Crippen molar-refractivity contribution in [1.82, 2.24) is 10.2 Å². The SMILES string of the molecule is CCC(C)OC(=O)CC1C(=O)NCCN1C(=O)c1ccc(OC)cc1OC. The summed E-state index contributed by atoms with van der Waals surface area (Å²) in [6, 6.07) is 3.91. The van der Waals surface area contributed by atoms with Crippen molar-refractivity contribution in [1.29, 1.82) is 0 Å². The van der Waals surface area contributed by atoms with Gasteiger partial charge in [0.25, 0.3) is 5.91 Å². The highest BCUT2D eigenvalue weighted by Crippen LogP contribution is 2.27. The van der Waals surface area contributed by atoms with Crippen LogP contribution in [0.25, 0.3) is 0 Å². The summed E-state index contributed by atoms with van der Waals surface area (Å²) < 4.78 is 15.7. The van der Waals surface area contributed by atoms with Crippen molar-refractivity contribution in [3.63, 3.8) is 0 Å².